The number of nitrogens with zero attached hydrogens (tertiary/aromatic N) is 3. The highest BCUT2D eigenvalue weighted by Crippen LogP contribution is 2.16. The van der Waals surface area contributed by atoms with Crippen LogP contribution in [-0.4, -0.2) is 54.4 Å². The fourth-order valence-corrected chi connectivity index (χ4v) is 2.37. The monoisotopic (exact) mass is 296 g/mol. The first-order valence-corrected chi connectivity index (χ1v) is 7.51. The van der Waals surface area contributed by atoms with E-state index >= 15 is 0 Å². The Balaban J connectivity index is 1.60. The van der Waals surface area contributed by atoms with Gasteiger partial charge in [0.25, 0.3) is 0 Å². The minimum absolute atomic E-state index is 0.0630. The van der Waals surface area contributed by atoms with Gasteiger partial charge in [0.05, 0.1) is 0 Å². The lowest BCUT2D eigenvalue weighted by atomic mass is 9.99. The van der Waals surface area contributed by atoms with Crippen LogP contribution in [0.2, 0.25) is 0 Å². The third-order valence-electron chi connectivity index (χ3n) is 3.67. The first kappa shape index (κ1) is 15.8. The van der Waals surface area contributed by atoms with Crippen molar-refractivity contribution in [2.75, 3.05) is 33.4 Å². The topological polar surface area (TPSA) is 80.5 Å². The van der Waals surface area contributed by atoms with E-state index in [-0.39, 0.29) is 6.03 Å². The van der Waals surface area contributed by atoms with Crippen LogP contribution >= 0.6 is 0 Å². The van der Waals surface area contributed by atoms with E-state index in [1.54, 1.807) is 18.9 Å². The molecule has 118 valence electrons. The van der Waals surface area contributed by atoms with Crippen molar-refractivity contribution in [3.8, 4) is 0 Å². The lowest BCUT2D eigenvalue weighted by Gasteiger charge is -2.23. The summed E-state index contributed by atoms with van der Waals surface area (Å²) in [7, 11) is 1.77. The number of hydrogen-bond donors (Lipinski definition) is 1. The summed E-state index contributed by atoms with van der Waals surface area (Å²) in [5, 5.41) is 6.75. The van der Waals surface area contributed by atoms with E-state index in [9.17, 15) is 4.79 Å². The minimum atomic E-state index is -0.0630. The summed E-state index contributed by atoms with van der Waals surface area (Å²) in [5.41, 5.74) is 0. The van der Waals surface area contributed by atoms with Gasteiger partial charge in [0.15, 0.2) is 5.82 Å². The first-order chi connectivity index (χ1) is 10.1. The van der Waals surface area contributed by atoms with Gasteiger partial charge in [-0.15, -0.1) is 0 Å². The zero-order valence-corrected chi connectivity index (χ0v) is 12.8. The van der Waals surface area contributed by atoms with Gasteiger partial charge in [0.2, 0.25) is 5.89 Å². The summed E-state index contributed by atoms with van der Waals surface area (Å²) in [6.45, 7) is 4.71. The van der Waals surface area contributed by atoms with Gasteiger partial charge in [-0.05, 0) is 25.2 Å². The molecule has 1 aromatic rings. The van der Waals surface area contributed by atoms with Gasteiger partial charge in [-0.3, -0.25) is 0 Å². The van der Waals surface area contributed by atoms with Gasteiger partial charge >= 0.3 is 6.03 Å². The average molecular weight is 296 g/mol. The Hall–Kier alpha value is -1.63. The zero-order valence-electron chi connectivity index (χ0n) is 12.8. The highest BCUT2D eigenvalue weighted by atomic mass is 16.5. The van der Waals surface area contributed by atoms with Crippen molar-refractivity contribution in [2.45, 2.75) is 32.6 Å². The molecule has 1 N–H and O–H groups in total. The number of likely N-dealkylation sites (N-methyl/N-ethyl adjacent to an activating group) is 1. The summed E-state index contributed by atoms with van der Waals surface area (Å²) in [5.74, 6) is 1.75. The molecule has 7 nitrogen and oxygen atoms in total. The smallest absolute Gasteiger partial charge is 0.317 e. The first-order valence-electron chi connectivity index (χ1n) is 7.51. The molecule has 1 saturated heterocycles. The van der Waals surface area contributed by atoms with E-state index in [2.05, 4.69) is 15.5 Å². The Bertz CT molecular complexity index is 443. The van der Waals surface area contributed by atoms with E-state index in [1.807, 2.05) is 0 Å². The molecule has 0 aliphatic carbocycles. The van der Waals surface area contributed by atoms with Crippen molar-refractivity contribution in [3.63, 3.8) is 0 Å². The van der Waals surface area contributed by atoms with E-state index in [0.717, 1.165) is 26.1 Å². The molecule has 2 amide bonds. The number of carbonyl (C=O) groups is 1. The normalized spacial score (nSPS) is 18.5. The molecule has 21 heavy (non-hydrogen) atoms. The van der Waals surface area contributed by atoms with E-state index < -0.39 is 0 Å². The minimum Gasteiger partial charge on any atom is -0.381 e. The highest BCUT2D eigenvalue weighted by Gasteiger charge is 2.15. The van der Waals surface area contributed by atoms with Crippen LogP contribution in [0, 0.1) is 12.8 Å². The molecule has 0 spiro atoms. The summed E-state index contributed by atoms with van der Waals surface area (Å²) in [4.78, 5) is 17.7. The van der Waals surface area contributed by atoms with Crippen molar-refractivity contribution in [1.82, 2.24) is 20.4 Å². The number of carbonyl (C=O) groups excluding carboxylic acids is 1. The van der Waals surface area contributed by atoms with Gasteiger partial charge in [-0.25, -0.2) is 4.79 Å². The number of rotatable bonds is 6. The van der Waals surface area contributed by atoms with Gasteiger partial charge in [-0.1, -0.05) is 5.16 Å². The van der Waals surface area contributed by atoms with Gasteiger partial charge in [-0.2, -0.15) is 4.98 Å². The fraction of sp³-hybridized carbons (Fsp3) is 0.786. The zero-order chi connectivity index (χ0) is 15.1. The molecule has 1 aliphatic heterocycles. The summed E-state index contributed by atoms with van der Waals surface area (Å²) >= 11 is 0. The molecule has 0 aromatic carbocycles. The molecule has 0 bridgehead atoms. The van der Waals surface area contributed by atoms with Crippen LogP contribution in [0.25, 0.3) is 0 Å². The summed E-state index contributed by atoms with van der Waals surface area (Å²) in [6.07, 6.45) is 3.90. The number of hydrogen-bond acceptors (Lipinski definition) is 5. The number of aryl methyl sites for hydroxylation is 1. The molecule has 0 radical (unpaired) electrons. The molecule has 1 aliphatic rings. The Morgan fingerprint density at radius 3 is 3.05 bits per heavy atom. The third kappa shape index (κ3) is 5.34. The second-order valence-electron chi connectivity index (χ2n) is 5.50. The van der Waals surface area contributed by atoms with Crippen LogP contribution in [0.15, 0.2) is 4.52 Å². The van der Waals surface area contributed by atoms with E-state index in [1.165, 1.54) is 6.42 Å². The van der Waals surface area contributed by atoms with Crippen LogP contribution in [-0.2, 0) is 11.2 Å². The van der Waals surface area contributed by atoms with Crippen LogP contribution in [0.1, 0.15) is 31.0 Å². The maximum absolute atomic E-state index is 11.9. The molecule has 7 heteroatoms. The van der Waals surface area contributed by atoms with Crippen LogP contribution in [0.5, 0.6) is 0 Å². The standard InChI is InChI=1S/C14H24N4O3/c1-11-16-13(17-21-11)6-8-18(2)14(19)15-7-5-12-4-3-9-20-10-12/h12H,3-10H2,1-2H3,(H,15,19). The molecular weight excluding hydrogens is 272 g/mol. The lowest BCUT2D eigenvalue weighted by molar-refractivity contribution is 0.0519. The number of nitrogens with one attached hydrogen (secondary N) is 1. The molecule has 1 unspecified atom stereocenters. The predicted molar refractivity (Wildman–Crippen MR) is 76.9 cm³/mol. The SMILES string of the molecule is Cc1nc(CCN(C)C(=O)NCCC2CCCOC2)no1. The fourth-order valence-electron chi connectivity index (χ4n) is 2.37. The van der Waals surface area contributed by atoms with Gasteiger partial charge < -0.3 is 19.5 Å². The van der Waals surface area contributed by atoms with Crippen molar-refractivity contribution in [2.24, 2.45) is 5.92 Å². The number of amides is 2. The third-order valence-corrected chi connectivity index (χ3v) is 3.67. The van der Waals surface area contributed by atoms with Crippen molar-refractivity contribution < 1.29 is 14.1 Å². The molecule has 2 heterocycles. The second-order valence-corrected chi connectivity index (χ2v) is 5.50. The summed E-state index contributed by atoms with van der Waals surface area (Å²) in [6, 6.07) is -0.0630. The molecule has 1 aromatic heterocycles. The van der Waals surface area contributed by atoms with Gasteiger partial charge in [0.1, 0.15) is 0 Å². The Labute approximate surface area is 125 Å². The maximum atomic E-state index is 11.9. The quantitative estimate of drug-likeness (QED) is 0.857. The van der Waals surface area contributed by atoms with Crippen LogP contribution in [0.4, 0.5) is 4.79 Å². The van der Waals surface area contributed by atoms with E-state index in [0.29, 0.717) is 37.1 Å². The molecule has 1 atom stereocenters. The number of aromatic nitrogens is 2. The Kier molecular flexibility index (Phi) is 5.98. The van der Waals surface area contributed by atoms with Gasteiger partial charge in [0, 0.05) is 46.7 Å². The molecular formula is C14H24N4O3. The van der Waals surface area contributed by atoms with Crippen molar-refractivity contribution >= 4 is 6.03 Å². The second kappa shape index (κ2) is 7.97. The van der Waals surface area contributed by atoms with Crippen LogP contribution < -0.4 is 5.32 Å². The number of ether oxygens (including phenoxy) is 1. The van der Waals surface area contributed by atoms with Crippen LogP contribution in [0.3, 0.4) is 0 Å². The molecule has 2 rings (SSSR count). The summed E-state index contributed by atoms with van der Waals surface area (Å²) < 4.78 is 10.3. The molecule has 1 fully saturated rings. The van der Waals surface area contributed by atoms with Crippen molar-refractivity contribution in [1.29, 1.82) is 0 Å². The predicted octanol–water partition coefficient (Wildman–Crippen LogP) is 1.38. The molecule has 0 saturated carbocycles. The highest BCUT2D eigenvalue weighted by molar-refractivity contribution is 5.73. The Morgan fingerprint density at radius 1 is 1.52 bits per heavy atom. The maximum Gasteiger partial charge on any atom is 0.317 e. The van der Waals surface area contributed by atoms with Crippen molar-refractivity contribution in [3.05, 3.63) is 11.7 Å². The lowest BCUT2D eigenvalue weighted by Crippen LogP contribution is -2.39. The van der Waals surface area contributed by atoms with E-state index in [4.69, 9.17) is 9.26 Å². The average Bonchev–Trinajstić information content (AvgIpc) is 2.91. The number of urea groups is 1. The largest absolute Gasteiger partial charge is 0.381 e. The Morgan fingerprint density at radius 2 is 2.38 bits per heavy atom.